The number of thiazole rings is 1. The van der Waals surface area contributed by atoms with E-state index in [1.54, 1.807) is 17.2 Å². The van der Waals surface area contributed by atoms with Crippen molar-refractivity contribution in [3.63, 3.8) is 0 Å². The van der Waals surface area contributed by atoms with E-state index in [0.29, 0.717) is 36.2 Å². The van der Waals surface area contributed by atoms with E-state index in [2.05, 4.69) is 11.9 Å². The van der Waals surface area contributed by atoms with Gasteiger partial charge in [-0.2, -0.15) is 0 Å². The number of hydrogen-bond acceptors (Lipinski definition) is 6. The van der Waals surface area contributed by atoms with Gasteiger partial charge in [0.15, 0.2) is 5.13 Å². The number of amides is 1. The summed E-state index contributed by atoms with van der Waals surface area (Å²) in [6.07, 6.45) is 4.98. The van der Waals surface area contributed by atoms with Crippen molar-refractivity contribution in [3.8, 4) is 11.5 Å². The fourth-order valence-electron chi connectivity index (χ4n) is 3.60. The number of rotatable bonds is 11. The summed E-state index contributed by atoms with van der Waals surface area (Å²) >= 11 is 1.47. The Hall–Kier alpha value is -3.45. The zero-order valence-corrected chi connectivity index (χ0v) is 20.4. The fraction of sp³-hybridized carbons (Fsp3) is 0.296. The van der Waals surface area contributed by atoms with E-state index >= 15 is 0 Å². The lowest BCUT2D eigenvalue weighted by Gasteiger charge is -2.20. The van der Waals surface area contributed by atoms with E-state index in [9.17, 15) is 4.79 Å². The minimum absolute atomic E-state index is 0.151. The number of unbranched alkanes of at least 4 members (excludes halogenated alkanes) is 2. The van der Waals surface area contributed by atoms with Crippen molar-refractivity contribution in [2.24, 2.45) is 0 Å². The normalized spacial score (nSPS) is 10.9. The number of benzene rings is 2. The predicted molar refractivity (Wildman–Crippen MR) is 137 cm³/mol. The van der Waals surface area contributed by atoms with Gasteiger partial charge in [-0.1, -0.05) is 49.3 Å². The topological polar surface area (TPSA) is 64.5 Å². The highest BCUT2D eigenvalue weighted by atomic mass is 32.1. The number of nitrogens with zero attached hydrogens (tertiary/aromatic N) is 3. The monoisotopic (exact) mass is 475 g/mol. The number of fused-ring (bicyclic) bond motifs is 1. The van der Waals surface area contributed by atoms with Gasteiger partial charge in [0.05, 0.1) is 30.2 Å². The minimum Gasteiger partial charge on any atom is -0.494 e. The molecule has 0 saturated carbocycles. The molecular weight excluding hydrogens is 446 g/mol. The highest BCUT2D eigenvalue weighted by Gasteiger charge is 2.23. The average molecular weight is 476 g/mol. The van der Waals surface area contributed by atoms with Crippen molar-refractivity contribution in [1.29, 1.82) is 0 Å². The molecule has 2 aromatic carbocycles. The Bertz CT molecular complexity index is 1230. The lowest BCUT2D eigenvalue weighted by atomic mass is 10.2. The van der Waals surface area contributed by atoms with E-state index in [4.69, 9.17) is 14.5 Å². The molecule has 2 heterocycles. The first-order valence-electron chi connectivity index (χ1n) is 11.7. The van der Waals surface area contributed by atoms with Crippen LogP contribution in [0.15, 0.2) is 66.9 Å². The molecule has 176 valence electrons. The van der Waals surface area contributed by atoms with Gasteiger partial charge in [-0.3, -0.25) is 14.7 Å². The van der Waals surface area contributed by atoms with Crippen molar-refractivity contribution in [1.82, 2.24) is 9.97 Å². The molecule has 4 aromatic rings. The standard InChI is InChI=1S/C27H29N3O3S/c1-3-5-8-17-33-22-13-9-11-20(18-22)26(31)30(19-21-12-6-7-16-28-21)27-29-25-23(32-4-2)14-10-15-24(25)34-27/h6-7,9-16,18H,3-5,8,17,19H2,1-2H3. The van der Waals surface area contributed by atoms with E-state index < -0.39 is 0 Å². The SMILES string of the molecule is CCCCCOc1cccc(C(=O)N(Cc2ccccn2)c2nc3c(OCC)cccc3s2)c1. The Labute approximate surface area is 204 Å². The highest BCUT2D eigenvalue weighted by Crippen LogP contribution is 2.35. The van der Waals surface area contributed by atoms with Gasteiger partial charge >= 0.3 is 0 Å². The average Bonchev–Trinajstić information content (AvgIpc) is 3.31. The summed E-state index contributed by atoms with van der Waals surface area (Å²) in [6, 6.07) is 18.9. The van der Waals surface area contributed by atoms with Gasteiger partial charge < -0.3 is 9.47 Å². The molecule has 0 N–H and O–H groups in total. The predicted octanol–water partition coefficient (Wildman–Crippen LogP) is 6.51. The number of anilines is 1. The number of carbonyl (C=O) groups is 1. The Morgan fingerprint density at radius 1 is 1.00 bits per heavy atom. The van der Waals surface area contributed by atoms with Crippen LogP contribution in [0, 0.1) is 0 Å². The van der Waals surface area contributed by atoms with Crippen molar-refractivity contribution in [2.45, 2.75) is 39.7 Å². The Balaban J connectivity index is 1.66. The van der Waals surface area contributed by atoms with Crippen molar-refractivity contribution in [2.75, 3.05) is 18.1 Å². The highest BCUT2D eigenvalue weighted by molar-refractivity contribution is 7.22. The molecule has 0 spiro atoms. The zero-order valence-electron chi connectivity index (χ0n) is 19.6. The summed E-state index contributed by atoms with van der Waals surface area (Å²) in [5.41, 5.74) is 2.09. The van der Waals surface area contributed by atoms with Crippen LogP contribution < -0.4 is 14.4 Å². The Kier molecular flexibility index (Phi) is 8.09. The smallest absolute Gasteiger partial charge is 0.260 e. The quantitative estimate of drug-likeness (QED) is 0.232. The fourth-order valence-corrected chi connectivity index (χ4v) is 4.58. The number of ether oxygens (including phenoxy) is 2. The molecule has 2 aromatic heterocycles. The molecule has 0 aliphatic heterocycles. The minimum atomic E-state index is -0.151. The summed E-state index contributed by atoms with van der Waals surface area (Å²) in [5.74, 6) is 1.26. The second-order valence-electron chi connectivity index (χ2n) is 7.83. The lowest BCUT2D eigenvalue weighted by molar-refractivity contribution is 0.0984. The third-order valence-electron chi connectivity index (χ3n) is 5.29. The van der Waals surface area contributed by atoms with Crippen LogP contribution in [0.3, 0.4) is 0 Å². The molecule has 0 aliphatic carbocycles. The van der Waals surface area contributed by atoms with Gasteiger partial charge in [-0.15, -0.1) is 0 Å². The largest absolute Gasteiger partial charge is 0.494 e. The van der Waals surface area contributed by atoms with Gasteiger partial charge in [0, 0.05) is 11.8 Å². The molecule has 7 heteroatoms. The Morgan fingerprint density at radius 3 is 2.68 bits per heavy atom. The number of carbonyl (C=O) groups excluding carboxylic acids is 1. The summed E-state index contributed by atoms with van der Waals surface area (Å²) in [4.78, 5) is 24.7. The number of aromatic nitrogens is 2. The van der Waals surface area contributed by atoms with Crippen LogP contribution in [0.5, 0.6) is 11.5 Å². The maximum atomic E-state index is 13.7. The van der Waals surface area contributed by atoms with Gasteiger partial charge in [0.2, 0.25) is 0 Å². The van der Waals surface area contributed by atoms with Gasteiger partial charge in [-0.05, 0) is 55.8 Å². The molecule has 6 nitrogen and oxygen atoms in total. The van der Waals surface area contributed by atoms with E-state index in [1.165, 1.54) is 11.3 Å². The third kappa shape index (κ3) is 5.72. The first-order chi connectivity index (χ1) is 16.7. The molecule has 34 heavy (non-hydrogen) atoms. The number of pyridine rings is 1. The van der Waals surface area contributed by atoms with Crippen LogP contribution in [0.25, 0.3) is 10.2 Å². The molecular formula is C27H29N3O3S. The lowest BCUT2D eigenvalue weighted by Crippen LogP contribution is -2.30. The number of para-hydroxylation sites is 1. The summed E-state index contributed by atoms with van der Waals surface area (Å²) < 4.78 is 12.6. The van der Waals surface area contributed by atoms with Crippen LogP contribution in [-0.4, -0.2) is 29.1 Å². The molecule has 0 atom stereocenters. The van der Waals surface area contributed by atoms with Crippen molar-refractivity contribution >= 4 is 32.6 Å². The van der Waals surface area contributed by atoms with Crippen molar-refractivity contribution < 1.29 is 14.3 Å². The van der Waals surface area contributed by atoms with Gasteiger partial charge in [-0.25, -0.2) is 4.98 Å². The van der Waals surface area contributed by atoms with Crippen LogP contribution in [0.4, 0.5) is 5.13 Å². The molecule has 0 radical (unpaired) electrons. The molecule has 0 aliphatic rings. The number of hydrogen-bond donors (Lipinski definition) is 0. The Morgan fingerprint density at radius 2 is 1.88 bits per heavy atom. The maximum absolute atomic E-state index is 13.7. The molecule has 1 amide bonds. The van der Waals surface area contributed by atoms with Crippen molar-refractivity contribution in [3.05, 3.63) is 78.1 Å². The molecule has 0 bridgehead atoms. The van der Waals surface area contributed by atoms with E-state index in [1.807, 2.05) is 61.5 Å². The third-order valence-corrected chi connectivity index (χ3v) is 6.33. The molecule has 0 unspecified atom stereocenters. The van der Waals surface area contributed by atoms with Crippen LogP contribution in [0.1, 0.15) is 49.2 Å². The second kappa shape index (κ2) is 11.6. The van der Waals surface area contributed by atoms with Crippen LogP contribution in [-0.2, 0) is 6.54 Å². The van der Waals surface area contributed by atoms with Crippen LogP contribution in [0.2, 0.25) is 0 Å². The summed E-state index contributed by atoms with van der Waals surface area (Å²) in [6.45, 7) is 5.61. The van der Waals surface area contributed by atoms with Gasteiger partial charge in [0.25, 0.3) is 5.91 Å². The summed E-state index contributed by atoms with van der Waals surface area (Å²) in [5, 5.41) is 0.604. The van der Waals surface area contributed by atoms with E-state index in [-0.39, 0.29) is 5.91 Å². The maximum Gasteiger partial charge on any atom is 0.260 e. The molecule has 0 fully saturated rings. The molecule has 0 saturated heterocycles. The second-order valence-corrected chi connectivity index (χ2v) is 8.84. The zero-order chi connectivity index (χ0) is 23.8. The first kappa shape index (κ1) is 23.7. The first-order valence-corrected chi connectivity index (χ1v) is 12.5. The van der Waals surface area contributed by atoms with E-state index in [0.717, 1.165) is 40.9 Å². The van der Waals surface area contributed by atoms with Gasteiger partial charge in [0.1, 0.15) is 17.0 Å². The van der Waals surface area contributed by atoms with Crippen LogP contribution >= 0.6 is 11.3 Å². The summed E-state index contributed by atoms with van der Waals surface area (Å²) in [7, 11) is 0. The molecule has 4 rings (SSSR count).